The van der Waals surface area contributed by atoms with E-state index in [-0.39, 0.29) is 0 Å². The van der Waals surface area contributed by atoms with E-state index >= 15 is 0 Å². The molecule has 1 rings (SSSR count). The van der Waals surface area contributed by atoms with Crippen LogP contribution in [0.1, 0.15) is 30.9 Å². The van der Waals surface area contributed by atoms with Crippen LogP contribution >= 0.6 is 0 Å². The SMILES string of the molecule is CCc1ccc(CC(CCCOC)NN)cc1. The van der Waals surface area contributed by atoms with Gasteiger partial charge in [0, 0.05) is 19.8 Å². The highest BCUT2D eigenvalue weighted by atomic mass is 16.5. The van der Waals surface area contributed by atoms with Gasteiger partial charge in [0.2, 0.25) is 0 Å². The quantitative estimate of drug-likeness (QED) is 0.412. The summed E-state index contributed by atoms with van der Waals surface area (Å²) in [5.74, 6) is 5.57. The van der Waals surface area contributed by atoms with E-state index < -0.39 is 0 Å². The average Bonchev–Trinajstić information content (AvgIpc) is 2.38. The van der Waals surface area contributed by atoms with E-state index in [0.717, 1.165) is 32.3 Å². The fraction of sp³-hybridized carbons (Fsp3) is 0.571. The van der Waals surface area contributed by atoms with Crippen molar-refractivity contribution < 1.29 is 4.74 Å². The predicted molar refractivity (Wildman–Crippen MR) is 71.7 cm³/mol. The summed E-state index contributed by atoms with van der Waals surface area (Å²) in [7, 11) is 1.73. The van der Waals surface area contributed by atoms with E-state index in [1.54, 1.807) is 7.11 Å². The molecular formula is C14H24N2O. The van der Waals surface area contributed by atoms with Gasteiger partial charge in [-0.3, -0.25) is 11.3 Å². The van der Waals surface area contributed by atoms with E-state index in [1.165, 1.54) is 11.1 Å². The Balaban J connectivity index is 2.43. The lowest BCUT2D eigenvalue weighted by molar-refractivity contribution is 0.188. The third-order valence-corrected chi connectivity index (χ3v) is 3.05. The molecule has 3 nitrogen and oxygen atoms in total. The highest BCUT2D eigenvalue weighted by Gasteiger charge is 2.07. The molecule has 0 amide bonds. The molecule has 0 fully saturated rings. The van der Waals surface area contributed by atoms with Crippen LogP contribution in [-0.4, -0.2) is 19.8 Å². The van der Waals surface area contributed by atoms with Crippen molar-refractivity contribution in [3.05, 3.63) is 35.4 Å². The number of ether oxygens (including phenoxy) is 1. The molecule has 1 aromatic rings. The molecule has 0 aromatic heterocycles. The van der Waals surface area contributed by atoms with E-state index in [1.807, 2.05) is 0 Å². The molecule has 3 heteroatoms. The standard InChI is InChI=1S/C14H24N2O/c1-3-12-6-8-13(9-7-12)11-14(16-15)5-4-10-17-2/h6-9,14,16H,3-5,10-11,15H2,1-2H3. The summed E-state index contributed by atoms with van der Waals surface area (Å²) in [6.07, 6.45) is 4.15. The summed E-state index contributed by atoms with van der Waals surface area (Å²) in [5.41, 5.74) is 5.60. The largest absolute Gasteiger partial charge is 0.385 e. The van der Waals surface area contributed by atoms with Crippen molar-refractivity contribution in [3.63, 3.8) is 0 Å². The Hall–Kier alpha value is -0.900. The van der Waals surface area contributed by atoms with Gasteiger partial charge in [-0.05, 0) is 36.8 Å². The number of nitrogens with one attached hydrogen (secondary N) is 1. The lowest BCUT2D eigenvalue weighted by Crippen LogP contribution is -2.36. The molecule has 0 saturated heterocycles. The minimum Gasteiger partial charge on any atom is -0.385 e. The van der Waals surface area contributed by atoms with Crippen molar-refractivity contribution in [1.29, 1.82) is 0 Å². The van der Waals surface area contributed by atoms with E-state index in [4.69, 9.17) is 10.6 Å². The van der Waals surface area contributed by atoms with Gasteiger partial charge in [0.25, 0.3) is 0 Å². The lowest BCUT2D eigenvalue weighted by atomic mass is 10.0. The molecule has 0 aliphatic rings. The van der Waals surface area contributed by atoms with Crippen LogP contribution in [0.2, 0.25) is 0 Å². The maximum absolute atomic E-state index is 5.57. The van der Waals surface area contributed by atoms with Gasteiger partial charge in [-0.25, -0.2) is 0 Å². The summed E-state index contributed by atoms with van der Waals surface area (Å²) in [6, 6.07) is 9.10. The number of aryl methyl sites for hydroxylation is 1. The Morgan fingerprint density at radius 3 is 2.41 bits per heavy atom. The molecule has 0 radical (unpaired) electrons. The van der Waals surface area contributed by atoms with Crippen molar-refractivity contribution in [2.24, 2.45) is 5.84 Å². The first-order valence-electron chi connectivity index (χ1n) is 6.33. The molecule has 0 saturated carbocycles. The van der Waals surface area contributed by atoms with Gasteiger partial charge in [0.05, 0.1) is 0 Å². The maximum atomic E-state index is 5.57. The fourth-order valence-electron chi connectivity index (χ4n) is 1.91. The minimum atomic E-state index is 0.331. The van der Waals surface area contributed by atoms with Crippen LogP contribution in [0.25, 0.3) is 0 Å². The monoisotopic (exact) mass is 236 g/mol. The lowest BCUT2D eigenvalue weighted by Gasteiger charge is -2.15. The van der Waals surface area contributed by atoms with E-state index in [0.29, 0.717) is 6.04 Å². The number of hydrazine groups is 1. The normalized spacial score (nSPS) is 12.6. The molecule has 3 N–H and O–H groups in total. The van der Waals surface area contributed by atoms with Gasteiger partial charge < -0.3 is 4.74 Å². The number of nitrogens with two attached hydrogens (primary N) is 1. The van der Waals surface area contributed by atoms with Gasteiger partial charge in [0.1, 0.15) is 0 Å². The zero-order chi connectivity index (χ0) is 12.5. The number of hydrogen-bond donors (Lipinski definition) is 2. The number of benzene rings is 1. The van der Waals surface area contributed by atoms with Crippen LogP contribution in [0.4, 0.5) is 0 Å². The minimum absolute atomic E-state index is 0.331. The number of rotatable bonds is 8. The molecular weight excluding hydrogens is 212 g/mol. The van der Waals surface area contributed by atoms with Crippen LogP contribution in [0.5, 0.6) is 0 Å². The third kappa shape index (κ3) is 5.31. The Bertz CT molecular complexity index is 298. The Morgan fingerprint density at radius 1 is 1.24 bits per heavy atom. The molecule has 0 aliphatic heterocycles. The van der Waals surface area contributed by atoms with Crippen molar-refractivity contribution in [1.82, 2.24) is 5.43 Å². The molecule has 0 bridgehead atoms. The first-order valence-corrected chi connectivity index (χ1v) is 6.33. The molecule has 0 aliphatic carbocycles. The van der Waals surface area contributed by atoms with Crippen LogP contribution in [0.15, 0.2) is 24.3 Å². The Morgan fingerprint density at radius 2 is 1.88 bits per heavy atom. The number of methoxy groups -OCH3 is 1. The molecule has 1 aromatic carbocycles. The molecule has 1 unspecified atom stereocenters. The first kappa shape index (κ1) is 14.2. The third-order valence-electron chi connectivity index (χ3n) is 3.05. The number of hydrogen-bond acceptors (Lipinski definition) is 3. The van der Waals surface area contributed by atoms with Crippen LogP contribution in [-0.2, 0) is 17.6 Å². The highest BCUT2D eigenvalue weighted by molar-refractivity contribution is 5.23. The molecule has 17 heavy (non-hydrogen) atoms. The second-order valence-corrected chi connectivity index (χ2v) is 4.37. The van der Waals surface area contributed by atoms with Gasteiger partial charge in [-0.2, -0.15) is 0 Å². The summed E-state index contributed by atoms with van der Waals surface area (Å²) < 4.78 is 5.05. The van der Waals surface area contributed by atoms with Crippen molar-refractivity contribution in [2.75, 3.05) is 13.7 Å². The summed E-state index contributed by atoms with van der Waals surface area (Å²) in [6.45, 7) is 2.97. The van der Waals surface area contributed by atoms with Gasteiger partial charge in [0.15, 0.2) is 0 Å². The zero-order valence-corrected chi connectivity index (χ0v) is 10.9. The van der Waals surface area contributed by atoms with Crippen LogP contribution < -0.4 is 11.3 Å². The predicted octanol–water partition coefficient (Wildman–Crippen LogP) is 2.05. The highest BCUT2D eigenvalue weighted by Crippen LogP contribution is 2.09. The molecule has 96 valence electrons. The van der Waals surface area contributed by atoms with Gasteiger partial charge in [-0.15, -0.1) is 0 Å². The smallest absolute Gasteiger partial charge is 0.0462 e. The zero-order valence-electron chi connectivity index (χ0n) is 10.9. The van der Waals surface area contributed by atoms with Crippen molar-refractivity contribution in [2.45, 2.75) is 38.6 Å². The van der Waals surface area contributed by atoms with Crippen LogP contribution in [0, 0.1) is 0 Å². The van der Waals surface area contributed by atoms with Gasteiger partial charge >= 0.3 is 0 Å². The van der Waals surface area contributed by atoms with Crippen molar-refractivity contribution in [3.8, 4) is 0 Å². The molecule has 0 spiro atoms. The van der Waals surface area contributed by atoms with Crippen LogP contribution in [0.3, 0.4) is 0 Å². The van der Waals surface area contributed by atoms with E-state index in [2.05, 4.69) is 36.6 Å². The van der Waals surface area contributed by atoms with Gasteiger partial charge in [-0.1, -0.05) is 31.2 Å². The second-order valence-electron chi connectivity index (χ2n) is 4.37. The fourth-order valence-corrected chi connectivity index (χ4v) is 1.91. The Kier molecular flexibility index (Phi) is 6.86. The molecule has 1 atom stereocenters. The topological polar surface area (TPSA) is 47.3 Å². The summed E-state index contributed by atoms with van der Waals surface area (Å²) >= 11 is 0. The molecule has 0 heterocycles. The summed E-state index contributed by atoms with van der Waals surface area (Å²) in [5, 5.41) is 0. The summed E-state index contributed by atoms with van der Waals surface area (Å²) in [4.78, 5) is 0. The van der Waals surface area contributed by atoms with Crippen molar-refractivity contribution >= 4 is 0 Å². The average molecular weight is 236 g/mol. The Labute approximate surface area is 104 Å². The first-order chi connectivity index (χ1) is 8.30. The second kappa shape index (κ2) is 8.23. The maximum Gasteiger partial charge on any atom is 0.0462 e. The van der Waals surface area contributed by atoms with E-state index in [9.17, 15) is 0 Å².